The average Bonchev–Trinajstić information content (AvgIpc) is 3.25. The molecule has 0 radical (unpaired) electrons. The number of amides is 2. The number of fused-ring (bicyclic) bond motifs is 4. The van der Waals surface area contributed by atoms with Gasteiger partial charge in [-0.2, -0.15) is 0 Å². The number of aliphatic carboxylic acids is 1. The normalized spacial score (nSPS) is 23.9. The van der Waals surface area contributed by atoms with Crippen LogP contribution in [0.3, 0.4) is 0 Å². The predicted molar refractivity (Wildman–Crippen MR) is 126 cm³/mol. The summed E-state index contributed by atoms with van der Waals surface area (Å²) < 4.78 is 5.65. The zero-order valence-electron chi connectivity index (χ0n) is 18.9. The molecule has 0 aliphatic heterocycles. The minimum absolute atomic E-state index is 0.00784. The van der Waals surface area contributed by atoms with Gasteiger partial charge in [-0.1, -0.05) is 54.6 Å². The summed E-state index contributed by atoms with van der Waals surface area (Å²) in [6, 6.07) is 16.2. The number of ether oxygens (including phenoxy) is 1. The molecule has 0 heterocycles. The van der Waals surface area contributed by atoms with Crippen LogP contribution in [0.5, 0.6) is 0 Å². The van der Waals surface area contributed by atoms with E-state index in [1.165, 1.54) is 22.1 Å². The van der Waals surface area contributed by atoms with Crippen molar-refractivity contribution in [2.45, 2.75) is 31.2 Å². The molecule has 5 rings (SSSR count). The largest absolute Gasteiger partial charge is 0.480 e. The van der Waals surface area contributed by atoms with Gasteiger partial charge in [0.15, 0.2) is 0 Å². The molecule has 0 bridgehead atoms. The number of hydrogen-bond acceptors (Lipinski definition) is 4. The van der Waals surface area contributed by atoms with Crippen LogP contribution in [0.2, 0.25) is 0 Å². The van der Waals surface area contributed by atoms with Crippen molar-refractivity contribution in [3.8, 4) is 11.1 Å². The lowest BCUT2D eigenvalue weighted by Crippen LogP contribution is -2.42. The summed E-state index contributed by atoms with van der Waals surface area (Å²) in [5, 5.41) is 12.1. The summed E-state index contributed by atoms with van der Waals surface area (Å²) in [6.07, 6.45) is 3.00. The quantitative estimate of drug-likeness (QED) is 0.585. The number of carboxylic acids is 1. The zero-order chi connectivity index (χ0) is 23.9. The third kappa shape index (κ3) is 3.85. The third-order valence-electron chi connectivity index (χ3n) is 7.47. The highest BCUT2D eigenvalue weighted by Gasteiger charge is 2.66. The fourth-order valence-electron chi connectivity index (χ4n) is 5.93. The van der Waals surface area contributed by atoms with Crippen molar-refractivity contribution in [2.75, 3.05) is 19.7 Å². The first-order valence-corrected chi connectivity index (χ1v) is 11.7. The van der Waals surface area contributed by atoms with E-state index in [4.69, 9.17) is 9.84 Å². The average molecular weight is 461 g/mol. The first-order chi connectivity index (χ1) is 16.4. The molecule has 7 heteroatoms. The van der Waals surface area contributed by atoms with E-state index in [9.17, 15) is 14.4 Å². The number of rotatable bonds is 8. The Morgan fingerprint density at radius 3 is 2.35 bits per heavy atom. The molecule has 0 spiro atoms. The summed E-state index contributed by atoms with van der Waals surface area (Å²) in [7, 11) is 0. The van der Waals surface area contributed by atoms with Gasteiger partial charge in [0.05, 0.1) is 5.41 Å². The minimum Gasteiger partial charge on any atom is -0.480 e. The van der Waals surface area contributed by atoms with Crippen LogP contribution in [0.4, 0.5) is 4.79 Å². The monoisotopic (exact) mass is 460 g/mol. The lowest BCUT2D eigenvalue weighted by Gasteiger charge is -2.25. The molecule has 34 heavy (non-hydrogen) atoms. The Bertz CT molecular complexity index is 1120. The lowest BCUT2D eigenvalue weighted by atomic mass is 9.98. The van der Waals surface area contributed by atoms with Crippen molar-refractivity contribution in [1.82, 2.24) is 10.2 Å². The van der Waals surface area contributed by atoms with E-state index in [1.54, 1.807) is 0 Å². The van der Waals surface area contributed by atoms with Crippen molar-refractivity contribution in [2.24, 2.45) is 11.3 Å². The van der Waals surface area contributed by atoms with Crippen LogP contribution in [0.25, 0.3) is 11.1 Å². The van der Waals surface area contributed by atoms with E-state index in [0.29, 0.717) is 12.8 Å². The van der Waals surface area contributed by atoms with Crippen LogP contribution in [0.1, 0.15) is 36.3 Å². The van der Waals surface area contributed by atoms with Crippen LogP contribution in [-0.4, -0.2) is 53.7 Å². The molecule has 0 aromatic heterocycles. The molecule has 2 aromatic carbocycles. The lowest BCUT2D eigenvalue weighted by molar-refractivity contribution is -0.146. The molecule has 176 valence electrons. The first-order valence-electron chi connectivity index (χ1n) is 11.7. The maximum atomic E-state index is 13.1. The molecule has 2 fully saturated rings. The van der Waals surface area contributed by atoms with E-state index in [0.717, 1.165) is 17.5 Å². The molecule has 3 aliphatic carbocycles. The number of alkyl carbamates (subject to hydrolysis) is 1. The number of benzene rings is 2. The second kappa shape index (κ2) is 8.63. The van der Waals surface area contributed by atoms with Gasteiger partial charge < -0.3 is 20.1 Å². The fourth-order valence-corrected chi connectivity index (χ4v) is 5.93. The van der Waals surface area contributed by atoms with Gasteiger partial charge in [-0.25, -0.2) is 4.79 Å². The summed E-state index contributed by atoms with van der Waals surface area (Å²) in [6.45, 7) is 3.73. The van der Waals surface area contributed by atoms with E-state index >= 15 is 0 Å². The van der Waals surface area contributed by atoms with E-state index in [2.05, 4.69) is 36.2 Å². The van der Waals surface area contributed by atoms with Crippen LogP contribution < -0.4 is 5.32 Å². The fraction of sp³-hybridized carbons (Fsp3) is 0.370. The van der Waals surface area contributed by atoms with Gasteiger partial charge in [-0.15, -0.1) is 6.58 Å². The first kappa shape index (κ1) is 22.2. The maximum Gasteiger partial charge on any atom is 0.407 e. The standard InChI is InChI=1S/C27H28N2O5/c1-2-11-29(15-24(30)31)25(32)27-13-17(27)12-18(14-27)28-26(33)34-16-23-21-9-5-3-7-19(21)20-8-4-6-10-22(20)23/h2-10,17-18,23H,1,11-16H2,(H,28,33)(H,30,31). The topological polar surface area (TPSA) is 95.9 Å². The molecule has 2 saturated carbocycles. The molecule has 3 aliphatic rings. The number of nitrogens with one attached hydrogen (secondary N) is 1. The predicted octanol–water partition coefficient (Wildman–Crippen LogP) is 3.79. The number of carbonyl (C=O) groups is 3. The SMILES string of the molecule is C=CCN(CC(=O)O)C(=O)C12CC(NC(=O)OCC3c4ccccc4-c4ccccc43)CC1C2. The van der Waals surface area contributed by atoms with Crippen LogP contribution in [0.15, 0.2) is 61.2 Å². The molecule has 2 N–H and O–H groups in total. The summed E-state index contributed by atoms with van der Waals surface area (Å²) >= 11 is 0. The Labute approximate surface area is 198 Å². The van der Waals surface area contributed by atoms with Crippen LogP contribution in [0, 0.1) is 11.3 Å². The highest BCUT2D eigenvalue weighted by Crippen LogP contribution is 2.64. The summed E-state index contributed by atoms with van der Waals surface area (Å²) in [5.41, 5.74) is 4.09. The molecule has 2 aromatic rings. The van der Waals surface area contributed by atoms with Gasteiger partial charge in [0.25, 0.3) is 0 Å². The Hall–Kier alpha value is -3.61. The number of nitrogens with zero attached hydrogens (tertiary/aromatic N) is 1. The van der Waals surface area contributed by atoms with Crippen molar-refractivity contribution >= 4 is 18.0 Å². The van der Waals surface area contributed by atoms with Crippen molar-refractivity contribution in [3.63, 3.8) is 0 Å². The van der Waals surface area contributed by atoms with E-state index in [-0.39, 0.29) is 43.5 Å². The number of carbonyl (C=O) groups excluding carboxylic acids is 2. The molecular weight excluding hydrogens is 432 g/mol. The highest BCUT2D eigenvalue weighted by atomic mass is 16.5. The second-order valence-corrected chi connectivity index (χ2v) is 9.53. The minimum atomic E-state index is -1.05. The Morgan fingerprint density at radius 2 is 1.74 bits per heavy atom. The van der Waals surface area contributed by atoms with Crippen molar-refractivity contribution in [1.29, 1.82) is 0 Å². The van der Waals surface area contributed by atoms with Gasteiger partial charge in [-0.05, 0) is 47.4 Å². The second-order valence-electron chi connectivity index (χ2n) is 9.53. The van der Waals surface area contributed by atoms with Crippen LogP contribution >= 0.6 is 0 Å². The van der Waals surface area contributed by atoms with Crippen LogP contribution in [-0.2, 0) is 14.3 Å². The molecule has 0 saturated heterocycles. The van der Waals surface area contributed by atoms with Gasteiger partial charge in [-0.3, -0.25) is 9.59 Å². The van der Waals surface area contributed by atoms with Gasteiger partial charge >= 0.3 is 12.1 Å². The van der Waals surface area contributed by atoms with Gasteiger partial charge in [0.2, 0.25) is 5.91 Å². The molecule has 2 amide bonds. The molecular formula is C27H28N2O5. The number of hydrogen-bond donors (Lipinski definition) is 2. The van der Waals surface area contributed by atoms with Crippen molar-refractivity contribution < 1.29 is 24.2 Å². The summed E-state index contributed by atoms with van der Waals surface area (Å²) in [5.74, 6) is -1.04. The Kier molecular flexibility index (Phi) is 5.63. The zero-order valence-corrected chi connectivity index (χ0v) is 18.9. The molecule has 3 atom stereocenters. The maximum absolute atomic E-state index is 13.1. The Balaban J connectivity index is 1.19. The van der Waals surface area contributed by atoms with E-state index < -0.39 is 17.5 Å². The molecule has 7 nitrogen and oxygen atoms in total. The van der Waals surface area contributed by atoms with Gasteiger partial charge in [0.1, 0.15) is 13.2 Å². The Morgan fingerprint density at radius 1 is 1.09 bits per heavy atom. The van der Waals surface area contributed by atoms with E-state index in [1.807, 2.05) is 24.3 Å². The smallest absolute Gasteiger partial charge is 0.407 e. The highest BCUT2D eigenvalue weighted by molar-refractivity contribution is 5.89. The van der Waals surface area contributed by atoms with Crippen molar-refractivity contribution in [3.05, 3.63) is 72.3 Å². The number of carboxylic acid groups (broad SMARTS) is 1. The molecule has 3 unspecified atom stereocenters. The third-order valence-corrected chi connectivity index (χ3v) is 7.47. The summed E-state index contributed by atoms with van der Waals surface area (Å²) in [4.78, 5) is 38.2. The van der Waals surface area contributed by atoms with Gasteiger partial charge in [0, 0.05) is 18.5 Å².